The van der Waals surface area contributed by atoms with Gasteiger partial charge in [-0.2, -0.15) is 0 Å². The van der Waals surface area contributed by atoms with Gasteiger partial charge in [0.2, 0.25) is 11.8 Å². The molecule has 42 heavy (non-hydrogen) atoms. The number of rotatable bonds is 11. The van der Waals surface area contributed by atoms with Crippen LogP contribution < -0.4 is 20.9 Å². The first kappa shape index (κ1) is 32.7. The van der Waals surface area contributed by atoms with Crippen LogP contribution in [0.1, 0.15) is 89.6 Å². The lowest BCUT2D eigenvalue weighted by Crippen LogP contribution is -2.52. The van der Waals surface area contributed by atoms with Gasteiger partial charge in [-0.1, -0.05) is 6.07 Å². The van der Waals surface area contributed by atoms with Crippen molar-refractivity contribution in [1.29, 1.82) is 0 Å². The van der Waals surface area contributed by atoms with Crippen molar-refractivity contribution >= 4 is 35.6 Å². The third-order valence-corrected chi connectivity index (χ3v) is 6.69. The Hall–Kier alpha value is -3.83. The number of hydrogen-bond acceptors (Lipinski definition) is 8. The predicted octanol–water partition coefficient (Wildman–Crippen LogP) is 3.47. The van der Waals surface area contributed by atoms with Gasteiger partial charge in [0, 0.05) is 56.0 Å². The second-order valence-corrected chi connectivity index (χ2v) is 12.6. The largest absolute Gasteiger partial charge is 0.444 e. The molecule has 0 aliphatic carbocycles. The van der Waals surface area contributed by atoms with Crippen molar-refractivity contribution in [3.05, 3.63) is 29.3 Å². The summed E-state index contributed by atoms with van der Waals surface area (Å²) < 4.78 is 10.6. The number of nitrogens with one attached hydrogen (secondary N) is 3. The molecule has 12 heteroatoms. The number of amides is 5. The molecule has 2 heterocycles. The van der Waals surface area contributed by atoms with Gasteiger partial charge in [0.15, 0.2) is 0 Å². The van der Waals surface area contributed by atoms with Crippen molar-refractivity contribution in [2.45, 2.75) is 97.4 Å². The molecule has 2 aliphatic rings. The molecule has 5 amide bonds. The Labute approximate surface area is 247 Å². The number of anilines is 1. The van der Waals surface area contributed by atoms with Crippen LogP contribution in [0.4, 0.5) is 15.3 Å². The topological polar surface area (TPSA) is 146 Å². The monoisotopic (exact) mass is 587 g/mol. The van der Waals surface area contributed by atoms with Crippen LogP contribution in [0.5, 0.6) is 0 Å². The lowest BCUT2D eigenvalue weighted by molar-refractivity contribution is -0.136. The molecule has 0 saturated carbocycles. The van der Waals surface area contributed by atoms with Crippen LogP contribution in [0.2, 0.25) is 0 Å². The molecule has 1 aromatic carbocycles. The van der Waals surface area contributed by atoms with Gasteiger partial charge in [0.05, 0.1) is 0 Å². The van der Waals surface area contributed by atoms with E-state index in [0.717, 1.165) is 17.7 Å². The van der Waals surface area contributed by atoms with Gasteiger partial charge in [-0.15, -0.1) is 0 Å². The average Bonchev–Trinajstić information content (AvgIpc) is 3.19. The van der Waals surface area contributed by atoms with Gasteiger partial charge < -0.3 is 29.9 Å². The maximum Gasteiger partial charge on any atom is 0.407 e. The molecule has 0 bridgehead atoms. The molecule has 1 fully saturated rings. The van der Waals surface area contributed by atoms with Crippen LogP contribution in [-0.2, 0) is 25.6 Å². The zero-order chi connectivity index (χ0) is 31.1. The molecule has 1 aromatic rings. The maximum absolute atomic E-state index is 13.3. The Kier molecular flexibility index (Phi) is 10.8. The zero-order valence-electron chi connectivity index (χ0n) is 25.6. The molecule has 0 aromatic heterocycles. The minimum Gasteiger partial charge on any atom is -0.444 e. The van der Waals surface area contributed by atoms with E-state index in [4.69, 9.17) is 9.47 Å². The Morgan fingerprint density at radius 3 is 2.12 bits per heavy atom. The van der Waals surface area contributed by atoms with E-state index >= 15 is 0 Å². The van der Waals surface area contributed by atoms with Crippen molar-refractivity contribution in [2.75, 3.05) is 31.1 Å². The van der Waals surface area contributed by atoms with Crippen molar-refractivity contribution < 1.29 is 33.4 Å². The summed E-state index contributed by atoms with van der Waals surface area (Å²) >= 11 is 0. The first-order chi connectivity index (χ1) is 19.6. The summed E-state index contributed by atoms with van der Waals surface area (Å²) in [4.78, 5) is 65.3. The van der Waals surface area contributed by atoms with Crippen molar-refractivity contribution in [2.24, 2.45) is 0 Å². The molecule has 232 valence electrons. The SMILES string of the molecule is CC(C)(C)OC(=O)NCCCCN(CCCNC(=O)OC(C)(C)C)c1cccc2c1CN(C1CCC(=O)NC1=O)C2=O. The first-order valence-electron chi connectivity index (χ1n) is 14.6. The van der Waals surface area contributed by atoms with Gasteiger partial charge in [-0.25, -0.2) is 9.59 Å². The smallest absolute Gasteiger partial charge is 0.407 e. The highest BCUT2D eigenvalue weighted by molar-refractivity contribution is 6.06. The molecular weight excluding hydrogens is 542 g/mol. The lowest BCUT2D eigenvalue weighted by atomic mass is 10.0. The van der Waals surface area contributed by atoms with E-state index in [1.54, 1.807) is 31.7 Å². The Balaban J connectivity index is 1.67. The second-order valence-electron chi connectivity index (χ2n) is 12.6. The average molecular weight is 588 g/mol. The molecular formula is C30H45N5O7. The third kappa shape index (κ3) is 9.63. The Morgan fingerprint density at radius 2 is 1.52 bits per heavy atom. The summed E-state index contributed by atoms with van der Waals surface area (Å²) in [5.41, 5.74) is 1.10. The predicted molar refractivity (Wildman–Crippen MR) is 157 cm³/mol. The number of unbranched alkanes of at least 4 members (excludes halogenated alkanes) is 1. The number of nitrogens with zero attached hydrogens (tertiary/aromatic N) is 2. The molecule has 12 nitrogen and oxygen atoms in total. The highest BCUT2D eigenvalue weighted by Crippen LogP contribution is 2.34. The molecule has 0 spiro atoms. The summed E-state index contributed by atoms with van der Waals surface area (Å²) in [6.07, 6.45) is 1.64. The van der Waals surface area contributed by atoms with Crippen LogP contribution in [0.3, 0.4) is 0 Å². The number of alkyl carbamates (subject to hydrolysis) is 2. The molecule has 0 radical (unpaired) electrons. The highest BCUT2D eigenvalue weighted by Gasteiger charge is 2.40. The zero-order valence-corrected chi connectivity index (χ0v) is 25.6. The summed E-state index contributed by atoms with van der Waals surface area (Å²) in [5.74, 6) is -1.00. The van der Waals surface area contributed by atoms with Crippen molar-refractivity contribution in [3.63, 3.8) is 0 Å². The van der Waals surface area contributed by atoms with E-state index in [1.165, 1.54) is 0 Å². The minimum absolute atomic E-state index is 0.192. The summed E-state index contributed by atoms with van der Waals surface area (Å²) in [6, 6.07) is 4.86. The van der Waals surface area contributed by atoms with Gasteiger partial charge in [0.1, 0.15) is 17.2 Å². The van der Waals surface area contributed by atoms with E-state index < -0.39 is 35.3 Å². The van der Waals surface area contributed by atoms with Crippen LogP contribution in [-0.4, -0.2) is 78.2 Å². The van der Waals surface area contributed by atoms with E-state index in [-0.39, 0.29) is 24.8 Å². The van der Waals surface area contributed by atoms with Gasteiger partial charge in [-0.3, -0.25) is 19.7 Å². The van der Waals surface area contributed by atoms with Crippen molar-refractivity contribution in [1.82, 2.24) is 20.9 Å². The van der Waals surface area contributed by atoms with Crippen LogP contribution in [0.15, 0.2) is 18.2 Å². The standard InChI is InChI=1S/C30H45N5O7/c1-29(2,3)41-27(39)31-15-7-8-17-34(18-10-16-32-28(40)42-30(4,5)6)22-12-9-11-20-21(22)19-35(26(20)38)23-13-14-24(36)33-25(23)37/h9,11-12,23H,7-8,10,13-19H2,1-6H3,(H,31,39)(H,32,40)(H,33,36,37). The fraction of sp³-hybridized carbons (Fsp3) is 0.633. The Bertz CT molecular complexity index is 1170. The number of carbonyl (C=O) groups is 5. The van der Waals surface area contributed by atoms with Crippen LogP contribution >= 0.6 is 0 Å². The Morgan fingerprint density at radius 1 is 0.929 bits per heavy atom. The van der Waals surface area contributed by atoms with Crippen molar-refractivity contribution in [3.8, 4) is 0 Å². The molecule has 2 aliphatic heterocycles. The number of carbonyl (C=O) groups excluding carboxylic acids is 5. The van der Waals surface area contributed by atoms with E-state index in [0.29, 0.717) is 51.0 Å². The number of fused-ring (bicyclic) bond motifs is 1. The normalized spacial score (nSPS) is 17.0. The first-order valence-corrected chi connectivity index (χ1v) is 14.6. The molecule has 3 rings (SSSR count). The number of benzene rings is 1. The third-order valence-electron chi connectivity index (χ3n) is 6.69. The quantitative estimate of drug-likeness (QED) is 0.264. The highest BCUT2D eigenvalue weighted by atomic mass is 16.6. The molecule has 3 N–H and O–H groups in total. The summed E-state index contributed by atoms with van der Waals surface area (Å²) in [6.45, 7) is 13.2. The molecule has 1 atom stereocenters. The fourth-order valence-electron chi connectivity index (χ4n) is 4.93. The summed E-state index contributed by atoms with van der Waals surface area (Å²) in [7, 11) is 0. The number of hydrogen-bond donors (Lipinski definition) is 3. The number of imide groups is 1. The van der Waals surface area contributed by atoms with E-state index in [1.807, 2.05) is 32.9 Å². The van der Waals surface area contributed by atoms with Gasteiger partial charge in [0.25, 0.3) is 5.91 Å². The minimum atomic E-state index is -0.694. The number of ether oxygens (including phenoxy) is 2. The van der Waals surface area contributed by atoms with E-state index in [9.17, 15) is 24.0 Å². The molecule has 1 unspecified atom stereocenters. The van der Waals surface area contributed by atoms with E-state index in [2.05, 4.69) is 20.9 Å². The lowest BCUT2D eigenvalue weighted by Gasteiger charge is -2.30. The fourth-order valence-corrected chi connectivity index (χ4v) is 4.93. The maximum atomic E-state index is 13.3. The van der Waals surface area contributed by atoms with Gasteiger partial charge >= 0.3 is 12.2 Å². The molecule has 1 saturated heterocycles. The van der Waals surface area contributed by atoms with Gasteiger partial charge in [-0.05, 0) is 79.4 Å². The van der Waals surface area contributed by atoms with Crippen LogP contribution in [0.25, 0.3) is 0 Å². The second kappa shape index (κ2) is 13.9. The van der Waals surface area contributed by atoms with Crippen LogP contribution in [0, 0.1) is 0 Å². The number of piperidine rings is 1. The summed E-state index contributed by atoms with van der Waals surface area (Å²) in [5, 5.41) is 7.91.